The van der Waals surface area contributed by atoms with Gasteiger partial charge in [-0.05, 0) is 50.6 Å². The van der Waals surface area contributed by atoms with Crippen LogP contribution in [0.1, 0.15) is 19.4 Å². The second-order valence-corrected chi connectivity index (χ2v) is 10.1. The third-order valence-electron chi connectivity index (χ3n) is 3.51. The number of hydrogen-bond acceptors (Lipinski definition) is 4. The maximum Gasteiger partial charge on any atom is 0.254 e. The van der Waals surface area contributed by atoms with Crippen molar-refractivity contribution in [1.82, 2.24) is 8.02 Å². The molecule has 2 rings (SSSR count). The summed E-state index contributed by atoms with van der Waals surface area (Å²) in [5.41, 5.74) is 1.25. The van der Waals surface area contributed by atoms with Crippen molar-refractivity contribution < 1.29 is 8.42 Å². The Hall–Kier alpha value is -1.25. The molecule has 0 radical (unpaired) electrons. The monoisotopic (exact) mass is 445 g/mol. The molecule has 0 saturated heterocycles. The lowest BCUT2D eigenvalue weighted by atomic mass is 10.2. The summed E-state index contributed by atoms with van der Waals surface area (Å²) in [6, 6.07) is 11.7. The highest BCUT2D eigenvalue weighted by molar-refractivity contribution is 8.07. The highest BCUT2D eigenvalue weighted by atomic mass is 35.5. The van der Waals surface area contributed by atoms with E-state index in [0.29, 0.717) is 21.3 Å². The molecule has 2 aromatic carbocycles. The molecule has 2 aromatic rings. The molecule has 0 bridgehead atoms. The highest BCUT2D eigenvalue weighted by Gasteiger charge is 2.30. The quantitative estimate of drug-likeness (QED) is 0.318. The van der Waals surface area contributed by atoms with Crippen LogP contribution in [0.4, 0.5) is 5.69 Å². The molecular formula is C18H21Cl2N3O2S2. The molecule has 0 aliphatic carbocycles. The summed E-state index contributed by atoms with van der Waals surface area (Å²) in [4.78, 5) is 4.59. The van der Waals surface area contributed by atoms with E-state index in [1.165, 1.54) is 10.0 Å². The van der Waals surface area contributed by atoms with Crippen LogP contribution in [0, 0.1) is 6.92 Å². The van der Waals surface area contributed by atoms with Crippen molar-refractivity contribution in [2.24, 2.45) is 4.99 Å². The van der Waals surface area contributed by atoms with E-state index in [9.17, 15) is 8.42 Å². The van der Waals surface area contributed by atoms with Crippen molar-refractivity contribution in [2.75, 3.05) is 7.05 Å². The molecule has 0 heterocycles. The normalized spacial score (nSPS) is 12.3. The largest absolute Gasteiger partial charge is 0.296 e. The lowest BCUT2D eigenvalue weighted by Gasteiger charge is -2.27. The van der Waals surface area contributed by atoms with Gasteiger partial charge in [0.2, 0.25) is 0 Å². The van der Waals surface area contributed by atoms with E-state index >= 15 is 0 Å². The molecule has 0 aliphatic rings. The van der Waals surface area contributed by atoms with Crippen molar-refractivity contribution in [3.8, 4) is 0 Å². The zero-order chi connectivity index (χ0) is 20.2. The number of nitrogens with zero attached hydrogens (tertiary/aromatic N) is 3. The summed E-state index contributed by atoms with van der Waals surface area (Å²) in [6.07, 6.45) is 1.52. The van der Waals surface area contributed by atoms with Crippen molar-refractivity contribution >= 4 is 57.4 Å². The summed E-state index contributed by atoms with van der Waals surface area (Å²) in [5.74, 6) is 0. The van der Waals surface area contributed by atoms with Crippen LogP contribution in [0.2, 0.25) is 10.0 Å². The van der Waals surface area contributed by atoms with Crippen molar-refractivity contribution in [3.05, 3.63) is 58.1 Å². The number of rotatable bonds is 7. The standard InChI is InChI=1S/C18H21Cl2N3O2S2/c1-13(2)23(27(24,25)18-8-6-5-7-14(18)3)26-22(4)12-21-17-10-9-15(19)11-16(17)20/h5-13H,1-4H3. The second-order valence-electron chi connectivity index (χ2n) is 6.09. The molecule has 0 unspecified atom stereocenters. The molecule has 0 aliphatic heterocycles. The molecule has 5 nitrogen and oxygen atoms in total. The van der Waals surface area contributed by atoms with Crippen LogP contribution in [0.15, 0.2) is 52.4 Å². The fraction of sp³-hybridized carbons (Fsp3) is 0.278. The summed E-state index contributed by atoms with van der Waals surface area (Å²) in [6.45, 7) is 5.43. The fourth-order valence-corrected chi connectivity index (χ4v) is 5.61. The summed E-state index contributed by atoms with van der Waals surface area (Å²) in [7, 11) is -1.95. The van der Waals surface area contributed by atoms with Gasteiger partial charge in [-0.15, -0.1) is 3.71 Å². The maximum atomic E-state index is 13.1. The molecule has 27 heavy (non-hydrogen) atoms. The molecule has 9 heteroatoms. The van der Waals surface area contributed by atoms with Gasteiger partial charge >= 0.3 is 0 Å². The molecule has 146 valence electrons. The van der Waals surface area contributed by atoms with E-state index in [0.717, 1.165) is 12.1 Å². The van der Waals surface area contributed by atoms with Gasteiger partial charge in [-0.1, -0.05) is 41.4 Å². The number of sulfonamides is 1. The Morgan fingerprint density at radius 3 is 2.41 bits per heavy atom. The average molecular weight is 446 g/mol. The Kier molecular flexibility index (Phi) is 7.59. The molecule has 0 N–H and O–H groups in total. The Bertz CT molecular complexity index is 934. The Balaban J connectivity index is 2.23. The highest BCUT2D eigenvalue weighted by Crippen LogP contribution is 2.30. The first-order chi connectivity index (χ1) is 12.6. The number of aliphatic imine (C=N–C) groups is 1. The third kappa shape index (κ3) is 5.62. The van der Waals surface area contributed by atoms with Gasteiger partial charge in [0.15, 0.2) is 0 Å². The predicted octanol–water partition coefficient (Wildman–Crippen LogP) is 5.56. The van der Waals surface area contributed by atoms with Gasteiger partial charge in [0.05, 0.1) is 27.7 Å². The van der Waals surface area contributed by atoms with E-state index < -0.39 is 10.0 Å². The van der Waals surface area contributed by atoms with Crippen molar-refractivity contribution in [3.63, 3.8) is 0 Å². The fourth-order valence-electron chi connectivity index (χ4n) is 2.24. The molecule has 0 atom stereocenters. The van der Waals surface area contributed by atoms with Gasteiger partial charge in [-0.25, -0.2) is 13.4 Å². The zero-order valence-corrected chi connectivity index (χ0v) is 18.6. The number of aryl methyl sites for hydroxylation is 1. The topological polar surface area (TPSA) is 53.0 Å². The first-order valence-corrected chi connectivity index (χ1v) is 11.1. The van der Waals surface area contributed by atoms with E-state index in [4.69, 9.17) is 23.2 Å². The lowest BCUT2D eigenvalue weighted by Crippen LogP contribution is -2.34. The van der Waals surface area contributed by atoms with Crippen LogP contribution in [0.5, 0.6) is 0 Å². The number of halogens is 2. The minimum atomic E-state index is -3.67. The van der Waals surface area contributed by atoms with Crippen LogP contribution in [0.25, 0.3) is 0 Å². The average Bonchev–Trinajstić information content (AvgIpc) is 2.58. The van der Waals surface area contributed by atoms with Gasteiger partial charge in [0.25, 0.3) is 10.0 Å². The number of benzene rings is 2. The molecule has 0 saturated carbocycles. The lowest BCUT2D eigenvalue weighted by molar-refractivity contribution is 0.494. The van der Waals surface area contributed by atoms with Crippen LogP contribution < -0.4 is 0 Å². The van der Waals surface area contributed by atoms with E-state index in [1.54, 1.807) is 54.7 Å². The third-order valence-corrected chi connectivity index (χ3v) is 7.68. The Morgan fingerprint density at radius 1 is 1.15 bits per heavy atom. The van der Waals surface area contributed by atoms with Crippen molar-refractivity contribution in [2.45, 2.75) is 31.7 Å². The van der Waals surface area contributed by atoms with Gasteiger partial charge in [0, 0.05) is 18.1 Å². The summed E-state index contributed by atoms with van der Waals surface area (Å²) < 4.78 is 29.2. The molecular weight excluding hydrogens is 425 g/mol. The predicted molar refractivity (Wildman–Crippen MR) is 115 cm³/mol. The molecule has 0 fully saturated rings. The molecule has 0 amide bonds. The second kappa shape index (κ2) is 9.30. The first kappa shape index (κ1) is 22.0. The van der Waals surface area contributed by atoms with Crippen LogP contribution in [0.3, 0.4) is 0 Å². The smallest absolute Gasteiger partial charge is 0.254 e. The summed E-state index contributed by atoms with van der Waals surface area (Å²) in [5, 5.41) is 0.947. The minimum Gasteiger partial charge on any atom is -0.296 e. The van der Waals surface area contributed by atoms with Gasteiger partial charge < -0.3 is 0 Å². The van der Waals surface area contributed by atoms with E-state index in [-0.39, 0.29) is 10.9 Å². The van der Waals surface area contributed by atoms with Gasteiger partial charge in [0.1, 0.15) is 6.34 Å². The van der Waals surface area contributed by atoms with Crippen LogP contribution in [-0.4, -0.2) is 35.9 Å². The summed E-state index contributed by atoms with van der Waals surface area (Å²) >= 11 is 13.0. The molecule has 0 aromatic heterocycles. The zero-order valence-electron chi connectivity index (χ0n) is 15.4. The Labute approximate surface area is 175 Å². The van der Waals surface area contributed by atoms with Crippen LogP contribution in [-0.2, 0) is 10.0 Å². The SMILES string of the molecule is Cc1ccccc1S(=O)(=O)N(SN(C)C=Nc1ccc(Cl)cc1Cl)C(C)C. The van der Waals surface area contributed by atoms with Gasteiger partial charge in [-0.3, -0.25) is 4.31 Å². The molecule has 0 spiro atoms. The van der Waals surface area contributed by atoms with E-state index in [2.05, 4.69) is 4.99 Å². The number of hydrogen-bond donors (Lipinski definition) is 0. The van der Waals surface area contributed by atoms with Crippen LogP contribution >= 0.6 is 35.3 Å². The van der Waals surface area contributed by atoms with Crippen molar-refractivity contribution in [1.29, 1.82) is 0 Å². The maximum absolute atomic E-state index is 13.1. The first-order valence-electron chi connectivity index (χ1n) is 8.13. The van der Waals surface area contributed by atoms with Gasteiger partial charge in [-0.2, -0.15) is 0 Å². The van der Waals surface area contributed by atoms with E-state index in [1.807, 2.05) is 19.9 Å². The minimum absolute atomic E-state index is 0.255. The Morgan fingerprint density at radius 2 is 1.81 bits per heavy atom.